The monoisotopic (exact) mass is 290 g/mol. The molecule has 1 heterocycles. The van der Waals surface area contributed by atoms with Crippen molar-refractivity contribution in [1.82, 2.24) is 10.2 Å². The van der Waals surface area contributed by atoms with E-state index in [1.165, 1.54) is 0 Å². The quantitative estimate of drug-likeness (QED) is 0.861. The fourth-order valence-electron chi connectivity index (χ4n) is 2.40. The lowest BCUT2D eigenvalue weighted by molar-refractivity contribution is -0.137. The molecule has 2 amide bonds. The van der Waals surface area contributed by atoms with Gasteiger partial charge >= 0.3 is 0 Å². The zero-order chi connectivity index (χ0) is 15.1. The Morgan fingerprint density at radius 2 is 2.05 bits per heavy atom. The zero-order valence-corrected chi connectivity index (χ0v) is 12.4. The summed E-state index contributed by atoms with van der Waals surface area (Å²) in [6, 6.07) is 7.78. The maximum Gasteiger partial charge on any atom is 0.239 e. The highest BCUT2D eigenvalue weighted by Crippen LogP contribution is 2.11. The van der Waals surface area contributed by atoms with Gasteiger partial charge in [0.25, 0.3) is 0 Å². The van der Waals surface area contributed by atoms with Gasteiger partial charge in [-0.25, -0.2) is 0 Å². The SMILES string of the molecule is COc1ccc(CCNC(=O)CN2CCCCC2=O)cc1. The molecule has 21 heavy (non-hydrogen) atoms. The molecule has 1 aromatic rings. The minimum Gasteiger partial charge on any atom is -0.497 e. The largest absolute Gasteiger partial charge is 0.497 e. The number of nitrogens with zero attached hydrogens (tertiary/aromatic N) is 1. The van der Waals surface area contributed by atoms with Crippen molar-refractivity contribution < 1.29 is 14.3 Å². The van der Waals surface area contributed by atoms with Crippen LogP contribution in [0.15, 0.2) is 24.3 Å². The Kier molecular flexibility index (Phi) is 5.60. The van der Waals surface area contributed by atoms with Gasteiger partial charge in [-0.1, -0.05) is 12.1 Å². The summed E-state index contributed by atoms with van der Waals surface area (Å²) >= 11 is 0. The number of ether oxygens (including phenoxy) is 1. The van der Waals surface area contributed by atoms with Crippen LogP contribution in [0.1, 0.15) is 24.8 Å². The number of carbonyl (C=O) groups is 2. The lowest BCUT2D eigenvalue weighted by atomic mass is 10.1. The third kappa shape index (κ3) is 4.77. The second kappa shape index (κ2) is 7.67. The third-order valence-corrected chi connectivity index (χ3v) is 3.65. The normalized spacial score (nSPS) is 14.9. The lowest BCUT2D eigenvalue weighted by Crippen LogP contribution is -2.43. The summed E-state index contributed by atoms with van der Waals surface area (Å²) in [4.78, 5) is 25.1. The number of benzene rings is 1. The van der Waals surface area contributed by atoms with E-state index >= 15 is 0 Å². The van der Waals surface area contributed by atoms with Gasteiger partial charge in [-0.15, -0.1) is 0 Å². The Bertz CT molecular complexity index is 485. The fraction of sp³-hybridized carbons (Fsp3) is 0.500. The third-order valence-electron chi connectivity index (χ3n) is 3.65. The van der Waals surface area contributed by atoms with E-state index in [2.05, 4.69) is 5.32 Å². The predicted octanol–water partition coefficient (Wildman–Crippen LogP) is 1.37. The predicted molar refractivity (Wildman–Crippen MR) is 80.1 cm³/mol. The molecule has 1 fully saturated rings. The highest BCUT2D eigenvalue weighted by atomic mass is 16.5. The van der Waals surface area contributed by atoms with Gasteiger partial charge in [0.15, 0.2) is 0 Å². The fourth-order valence-corrected chi connectivity index (χ4v) is 2.40. The van der Waals surface area contributed by atoms with Crippen LogP contribution in [0.3, 0.4) is 0 Å². The molecule has 0 radical (unpaired) electrons. The molecule has 0 unspecified atom stereocenters. The number of nitrogens with one attached hydrogen (secondary N) is 1. The number of piperidine rings is 1. The number of methoxy groups -OCH3 is 1. The molecule has 0 aromatic heterocycles. The van der Waals surface area contributed by atoms with Gasteiger partial charge < -0.3 is 15.0 Å². The lowest BCUT2D eigenvalue weighted by Gasteiger charge is -2.25. The van der Waals surface area contributed by atoms with Crippen molar-refractivity contribution in [2.75, 3.05) is 26.7 Å². The maximum atomic E-state index is 11.8. The van der Waals surface area contributed by atoms with E-state index in [1.807, 2.05) is 24.3 Å². The van der Waals surface area contributed by atoms with Gasteiger partial charge in [-0.05, 0) is 37.0 Å². The number of likely N-dealkylation sites (tertiary alicyclic amines) is 1. The van der Waals surface area contributed by atoms with Gasteiger partial charge in [-0.2, -0.15) is 0 Å². The van der Waals surface area contributed by atoms with Gasteiger partial charge in [0.2, 0.25) is 11.8 Å². The van der Waals surface area contributed by atoms with Crippen molar-refractivity contribution in [3.05, 3.63) is 29.8 Å². The number of hydrogen-bond donors (Lipinski definition) is 1. The van der Waals surface area contributed by atoms with Gasteiger partial charge in [0.05, 0.1) is 13.7 Å². The van der Waals surface area contributed by atoms with Crippen LogP contribution < -0.4 is 10.1 Å². The van der Waals surface area contributed by atoms with Crippen LogP contribution in [0.4, 0.5) is 0 Å². The second-order valence-electron chi connectivity index (χ2n) is 5.22. The summed E-state index contributed by atoms with van der Waals surface area (Å²) in [5.41, 5.74) is 1.14. The van der Waals surface area contributed by atoms with E-state index in [9.17, 15) is 9.59 Å². The smallest absolute Gasteiger partial charge is 0.239 e. The molecular weight excluding hydrogens is 268 g/mol. The number of carbonyl (C=O) groups excluding carboxylic acids is 2. The average Bonchev–Trinajstić information content (AvgIpc) is 2.50. The molecule has 0 bridgehead atoms. The van der Waals surface area contributed by atoms with Crippen molar-refractivity contribution in [3.8, 4) is 5.75 Å². The number of amides is 2. The van der Waals surface area contributed by atoms with Crippen LogP contribution >= 0.6 is 0 Å². The van der Waals surface area contributed by atoms with Crippen molar-refractivity contribution in [3.63, 3.8) is 0 Å². The molecule has 5 heteroatoms. The van der Waals surface area contributed by atoms with E-state index in [4.69, 9.17) is 4.74 Å². The summed E-state index contributed by atoms with van der Waals surface area (Å²) in [6.07, 6.45) is 3.27. The van der Waals surface area contributed by atoms with Gasteiger partial charge in [-0.3, -0.25) is 9.59 Å². The first-order valence-corrected chi connectivity index (χ1v) is 7.36. The first-order chi connectivity index (χ1) is 10.2. The summed E-state index contributed by atoms with van der Waals surface area (Å²) in [5, 5.41) is 2.86. The Hall–Kier alpha value is -2.04. The maximum absolute atomic E-state index is 11.8. The van der Waals surface area contributed by atoms with Crippen LogP contribution in [-0.2, 0) is 16.0 Å². The van der Waals surface area contributed by atoms with Gasteiger partial charge in [0.1, 0.15) is 5.75 Å². The molecule has 2 rings (SSSR count). The summed E-state index contributed by atoms with van der Waals surface area (Å²) in [5.74, 6) is 0.830. The molecule has 1 aliphatic rings. The standard InChI is InChI=1S/C16H22N2O3/c1-21-14-7-5-13(6-8-14)9-10-17-15(19)12-18-11-3-2-4-16(18)20/h5-8H,2-4,9-12H2,1H3,(H,17,19). The van der Waals surface area contributed by atoms with Crippen LogP contribution in [0.5, 0.6) is 5.75 Å². The molecule has 0 atom stereocenters. The molecular formula is C16H22N2O3. The van der Waals surface area contributed by atoms with E-state index < -0.39 is 0 Å². The van der Waals surface area contributed by atoms with Crippen molar-refractivity contribution in [1.29, 1.82) is 0 Å². The first kappa shape index (κ1) is 15.4. The molecule has 0 spiro atoms. The first-order valence-electron chi connectivity index (χ1n) is 7.36. The summed E-state index contributed by atoms with van der Waals surface area (Å²) < 4.78 is 5.10. The van der Waals surface area contributed by atoms with Crippen LogP contribution in [0.2, 0.25) is 0 Å². The van der Waals surface area contributed by atoms with E-state index in [1.54, 1.807) is 12.0 Å². The molecule has 5 nitrogen and oxygen atoms in total. The molecule has 1 aliphatic heterocycles. The Morgan fingerprint density at radius 1 is 1.29 bits per heavy atom. The number of hydrogen-bond acceptors (Lipinski definition) is 3. The molecule has 114 valence electrons. The van der Waals surface area contributed by atoms with Crippen LogP contribution in [0, 0.1) is 0 Å². The molecule has 1 aromatic carbocycles. The van der Waals surface area contributed by atoms with E-state index in [0.29, 0.717) is 19.5 Å². The number of rotatable bonds is 6. The molecule has 0 aliphatic carbocycles. The Labute approximate surface area is 125 Å². The highest BCUT2D eigenvalue weighted by molar-refractivity contribution is 5.85. The van der Waals surface area contributed by atoms with Crippen molar-refractivity contribution in [2.24, 2.45) is 0 Å². The molecule has 0 saturated carbocycles. The van der Waals surface area contributed by atoms with Crippen molar-refractivity contribution in [2.45, 2.75) is 25.7 Å². The molecule has 1 N–H and O–H groups in total. The van der Waals surface area contributed by atoms with Crippen molar-refractivity contribution >= 4 is 11.8 Å². The van der Waals surface area contributed by atoms with Crippen LogP contribution in [0.25, 0.3) is 0 Å². The average molecular weight is 290 g/mol. The topological polar surface area (TPSA) is 58.6 Å². The summed E-state index contributed by atoms with van der Waals surface area (Å²) in [6.45, 7) is 1.46. The Balaban J connectivity index is 1.69. The zero-order valence-electron chi connectivity index (χ0n) is 12.4. The molecule has 1 saturated heterocycles. The Morgan fingerprint density at radius 3 is 2.71 bits per heavy atom. The minimum atomic E-state index is -0.0845. The summed E-state index contributed by atoms with van der Waals surface area (Å²) in [7, 11) is 1.64. The minimum absolute atomic E-state index is 0.0845. The highest BCUT2D eigenvalue weighted by Gasteiger charge is 2.19. The van der Waals surface area contributed by atoms with Crippen LogP contribution in [-0.4, -0.2) is 43.5 Å². The second-order valence-corrected chi connectivity index (χ2v) is 5.22. The van der Waals surface area contributed by atoms with E-state index in [0.717, 1.165) is 30.6 Å². The van der Waals surface area contributed by atoms with E-state index in [-0.39, 0.29) is 18.4 Å². The van der Waals surface area contributed by atoms with Gasteiger partial charge in [0, 0.05) is 19.5 Å².